The Morgan fingerprint density at radius 2 is 1.27 bits per heavy atom. The van der Waals surface area contributed by atoms with Crippen LogP contribution in [0.2, 0.25) is 0 Å². The third-order valence-corrected chi connectivity index (χ3v) is 5.50. The molecule has 0 saturated carbocycles. The van der Waals surface area contributed by atoms with E-state index in [-0.39, 0.29) is 59.1 Å². The van der Waals surface area contributed by atoms with Crippen molar-refractivity contribution in [3.05, 3.63) is 0 Å². The SMILES string of the molecule is CCCCCCCCCCC(C)OC(CCS(=O)(=O)[O-])S(=O)(=O)[O-].[Na+].[Na+]. The molecule has 0 fully saturated rings. The molecule has 2 unspecified atom stereocenters. The van der Waals surface area contributed by atoms with E-state index >= 15 is 0 Å². The van der Waals surface area contributed by atoms with Gasteiger partial charge in [0.1, 0.15) is 15.6 Å². The van der Waals surface area contributed by atoms with Crippen molar-refractivity contribution in [2.75, 3.05) is 5.75 Å². The van der Waals surface area contributed by atoms with Gasteiger partial charge in [-0.3, -0.25) is 0 Å². The summed E-state index contributed by atoms with van der Waals surface area (Å²) < 4.78 is 70.2. The topological polar surface area (TPSA) is 124 Å². The van der Waals surface area contributed by atoms with Crippen molar-refractivity contribution in [2.24, 2.45) is 0 Å². The predicted octanol–water partition coefficient (Wildman–Crippen LogP) is -3.26. The van der Waals surface area contributed by atoms with Gasteiger partial charge < -0.3 is 13.8 Å². The Morgan fingerprint density at radius 1 is 0.808 bits per heavy atom. The van der Waals surface area contributed by atoms with E-state index < -0.39 is 43.9 Å². The van der Waals surface area contributed by atoms with Gasteiger partial charge in [0.05, 0.1) is 16.2 Å². The average molecular weight is 433 g/mol. The largest absolute Gasteiger partial charge is 1.00 e. The van der Waals surface area contributed by atoms with Crippen LogP contribution < -0.4 is 59.1 Å². The summed E-state index contributed by atoms with van der Waals surface area (Å²) in [6.07, 6.45) is 8.56. The summed E-state index contributed by atoms with van der Waals surface area (Å²) in [6.45, 7) is 3.81. The first kappa shape index (κ1) is 32.4. The number of rotatable bonds is 15. The normalized spacial score (nSPS) is 14.2. The third kappa shape index (κ3) is 20.5. The molecule has 0 saturated heterocycles. The van der Waals surface area contributed by atoms with Crippen LogP contribution in [0.5, 0.6) is 0 Å². The molecular formula is C15H30Na2O7S2. The van der Waals surface area contributed by atoms with E-state index in [4.69, 9.17) is 4.74 Å². The summed E-state index contributed by atoms with van der Waals surface area (Å²) in [4.78, 5) is 0. The van der Waals surface area contributed by atoms with Crippen LogP contribution in [-0.2, 0) is 25.0 Å². The van der Waals surface area contributed by atoms with Gasteiger partial charge in [-0.05, 0) is 19.8 Å². The summed E-state index contributed by atoms with van der Waals surface area (Å²) in [6, 6.07) is 0. The van der Waals surface area contributed by atoms with Crippen LogP contribution in [-0.4, -0.2) is 43.2 Å². The molecule has 0 N–H and O–H groups in total. The van der Waals surface area contributed by atoms with Crippen molar-refractivity contribution in [1.29, 1.82) is 0 Å². The minimum atomic E-state index is -4.81. The standard InChI is InChI=1S/C15H32O7S2.2Na/c1-3-4-5-6-7-8-9-10-11-14(2)22-15(24(19,20)21)12-13-23(16,17)18;;/h14-15H,3-13H2,1-2H3,(H,16,17,18)(H,19,20,21);;/q;2*+1/p-2. The molecular weight excluding hydrogens is 402 g/mol. The summed E-state index contributed by atoms with van der Waals surface area (Å²) in [5.41, 5.74) is -1.79. The van der Waals surface area contributed by atoms with Gasteiger partial charge in [-0.1, -0.05) is 58.3 Å². The van der Waals surface area contributed by atoms with Gasteiger partial charge in [-0.2, -0.15) is 0 Å². The monoisotopic (exact) mass is 432 g/mol. The van der Waals surface area contributed by atoms with E-state index in [1.54, 1.807) is 6.92 Å². The van der Waals surface area contributed by atoms with Crippen LogP contribution >= 0.6 is 0 Å². The molecule has 0 aromatic carbocycles. The molecule has 26 heavy (non-hydrogen) atoms. The first-order valence-electron chi connectivity index (χ1n) is 8.60. The summed E-state index contributed by atoms with van der Waals surface area (Å²) >= 11 is 0. The van der Waals surface area contributed by atoms with Crippen LogP contribution in [0.15, 0.2) is 0 Å². The molecule has 0 aliphatic heterocycles. The van der Waals surface area contributed by atoms with Crippen molar-refractivity contribution in [2.45, 2.75) is 89.6 Å². The number of unbranched alkanes of at least 4 members (excludes halogenated alkanes) is 7. The minimum absolute atomic E-state index is 0. The van der Waals surface area contributed by atoms with Crippen molar-refractivity contribution in [1.82, 2.24) is 0 Å². The molecule has 7 nitrogen and oxygen atoms in total. The first-order valence-corrected chi connectivity index (χ1v) is 11.6. The van der Waals surface area contributed by atoms with Gasteiger partial charge >= 0.3 is 59.1 Å². The van der Waals surface area contributed by atoms with Crippen molar-refractivity contribution < 1.29 is 89.8 Å². The Morgan fingerprint density at radius 3 is 1.69 bits per heavy atom. The smallest absolute Gasteiger partial charge is 0.748 e. The minimum Gasteiger partial charge on any atom is -0.748 e. The molecule has 0 spiro atoms. The molecule has 0 rings (SSSR count). The zero-order valence-electron chi connectivity index (χ0n) is 16.6. The van der Waals surface area contributed by atoms with E-state index in [1.807, 2.05) is 0 Å². The van der Waals surface area contributed by atoms with Crippen LogP contribution in [0, 0.1) is 0 Å². The maximum atomic E-state index is 11.1. The van der Waals surface area contributed by atoms with Gasteiger partial charge in [0.25, 0.3) is 0 Å². The van der Waals surface area contributed by atoms with Crippen molar-refractivity contribution in [3.8, 4) is 0 Å². The second-order valence-electron chi connectivity index (χ2n) is 6.18. The quantitative estimate of drug-likeness (QED) is 0.151. The Bertz CT molecular complexity index is 524. The molecule has 11 heteroatoms. The van der Waals surface area contributed by atoms with Crippen molar-refractivity contribution >= 4 is 20.2 Å². The molecule has 0 radical (unpaired) electrons. The summed E-state index contributed by atoms with van der Waals surface area (Å²) in [5.74, 6) is -0.927. The molecule has 0 amide bonds. The van der Waals surface area contributed by atoms with Crippen LogP contribution in [0.25, 0.3) is 0 Å². The van der Waals surface area contributed by atoms with Crippen molar-refractivity contribution in [3.63, 3.8) is 0 Å². The van der Waals surface area contributed by atoms with Gasteiger partial charge in [-0.25, -0.2) is 16.8 Å². The maximum Gasteiger partial charge on any atom is 1.00 e. The molecule has 2 atom stereocenters. The van der Waals surface area contributed by atoms with Gasteiger partial charge in [0.2, 0.25) is 0 Å². The maximum absolute atomic E-state index is 11.1. The second-order valence-corrected chi connectivity index (χ2v) is 9.22. The fourth-order valence-electron chi connectivity index (χ4n) is 2.41. The third-order valence-electron chi connectivity index (χ3n) is 3.77. The van der Waals surface area contributed by atoms with E-state index in [0.717, 1.165) is 19.3 Å². The molecule has 0 bridgehead atoms. The molecule has 0 aromatic heterocycles. The zero-order chi connectivity index (χ0) is 18.6. The molecule has 0 heterocycles. The second kappa shape index (κ2) is 17.6. The fraction of sp³-hybridized carbons (Fsp3) is 1.00. The Balaban J connectivity index is -0.00000264. The van der Waals surface area contributed by atoms with Crippen LogP contribution in [0.3, 0.4) is 0 Å². The Hall–Kier alpha value is 1.78. The summed E-state index contributed by atoms with van der Waals surface area (Å²) in [5, 5.41) is 0. The number of hydrogen-bond acceptors (Lipinski definition) is 7. The average Bonchev–Trinajstić information content (AvgIpc) is 2.44. The van der Waals surface area contributed by atoms with E-state index in [9.17, 15) is 25.9 Å². The molecule has 0 aliphatic carbocycles. The van der Waals surface area contributed by atoms with E-state index in [1.165, 1.54) is 32.1 Å². The van der Waals surface area contributed by atoms with E-state index in [0.29, 0.717) is 6.42 Å². The molecule has 0 aromatic rings. The van der Waals surface area contributed by atoms with Crippen LogP contribution in [0.1, 0.15) is 78.1 Å². The first-order chi connectivity index (χ1) is 11.1. The molecule has 146 valence electrons. The predicted molar refractivity (Wildman–Crippen MR) is 90.4 cm³/mol. The molecule has 0 aliphatic rings. The van der Waals surface area contributed by atoms with Gasteiger partial charge in [0.15, 0.2) is 0 Å². The van der Waals surface area contributed by atoms with Gasteiger partial charge in [-0.15, -0.1) is 0 Å². The zero-order valence-corrected chi connectivity index (χ0v) is 22.2. The Labute approximate surface area is 203 Å². The van der Waals surface area contributed by atoms with E-state index in [2.05, 4.69) is 6.92 Å². The van der Waals surface area contributed by atoms with Crippen LogP contribution in [0.4, 0.5) is 0 Å². The van der Waals surface area contributed by atoms with Gasteiger partial charge in [0, 0.05) is 5.75 Å². The fourth-order valence-corrected chi connectivity index (χ4v) is 3.80. The summed E-state index contributed by atoms with van der Waals surface area (Å²) in [7, 11) is -9.39. The number of hydrogen-bond donors (Lipinski definition) is 0. The number of ether oxygens (including phenoxy) is 1. The Kier molecular flexibility index (Phi) is 22.0.